The number of hydrogen-bond acceptors (Lipinski definition) is 7. The summed E-state index contributed by atoms with van der Waals surface area (Å²) in [5.41, 5.74) is 3.70. The van der Waals surface area contributed by atoms with E-state index in [0.29, 0.717) is 31.2 Å². The number of ether oxygens (including phenoxy) is 2. The van der Waals surface area contributed by atoms with Crippen LogP contribution in [0.15, 0.2) is 103 Å². The first kappa shape index (κ1) is 35.8. The van der Waals surface area contributed by atoms with Gasteiger partial charge in [0, 0.05) is 33.3 Å². The number of hydrogen-bond donors (Lipinski definition) is 2. The lowest BCUT2D eigenvalue weighted by molar-refractivity contribution is 0.106. The van der Waals surface area contributed by atoms with Gasteiger partial charge in [0.2, 0.25) is 13.8 Å². The van der Waals surface area contributed by atoms with Crippen LogP contribution < -0.4 is 19.2 Å². The van der Waals surface area contributed by atoms with Crippen LogP contribution in [0.4, 0.5) is 0 Å². The summed E-state index contributed by atoms with van der Waals surface area (Å²) in [4.78, 5) is 0. The number of aliphatic hydroxyl groups is 1. The van der Waals surface area contributed by atoms with Crippen LogP contribution >= 0.6 is 8.46 Å². The molecule has 0 saturated carbocycles. The number of benzene rings is 4. The van der Waals surface area contributed by atoms with Crippen molar-refractivity contribution in [2.45, 2.75) is 76.1 Å². The summed E-state index contributed by atoms with van der Waals surface area (Å²) < 4.78 is 38.4. The molecule has 2 N–H and O–H groups in total. The molecule has 0 aromatic heterocycles. The summed E-state index contributed by atoms with van der Waals surface area (Å²) in [6, 6.07) is 32.9. The van der Waals surface area contributed by atoms with Crippen LogP contribution in [0.3, 0.4) is 0 Å². The van der Waals surface area contributed by atoms with Gasteiger partial charge in [-0.15, -0.1) is 0 Å². The molecule has 1 heterocycles. The van der Waals surface area contributed by atoms with Gasteiger partial charge in [-0.3, -0.25) is 4.57 Å². The van der Waals surface area contributed by atoms with Crippen molar-refractivity contribution >= 4 is 17.0 Å². The van der Waals surface area contributed by atoms with Gasteiger partial charge < -0.3 is 28.7 Å². The van der Waals surface area contributed by atoms with Crippen LogP contribution in [0, 0.1) is 0 Å². The van der Waals surface area contributed by atoms with Crippen LogP contribution in [-0.2, 0) is 27.4 Å². The van der Waals surface area contributed by atoms with Gasteiger partial charge in [0.25, 0.3) is 0 Å². The molecule has 0 unspecified atom stereocenters. The predicted molar refractivity (Wildman–Crippen MR) is 193 cm³/mol. The number of aliphatic hydroxyl groups excluding tert-OH is 1. The fourth-order valence-electron chi connectivity index (χ4n) is 6.47. The second kappa shape index (κ2) is 14.9. The zero-order valence-corrected chi connectivity index (χ0v) is 30.8. The SMILES string of the molecule is CC(C)(C)[Si]1(C(C)(C)C)OCc2cc(OC[C@@H](O)CNCCc3ccc(OC(P=O)(c4ccccc4)c4ccccc4)cc3)ccc2O1. The number of rotatable bonds is 13. The molecule has 254 valence electrons. The normalized spacial score (nSPS) is 15.3. The Morgan fingerprint density at radius 1 is 0.833 bits per heavy atom. The molecule has 0 spiro atoms. The van der Waals surface area contributed by atoms with E-state index >= 15 is 0 Å². The van der Waals surface area contributed by atoms with Crippen LogP contribution in [-0.4, -0.2) is 39.5 Å². The third kappa shape index (κ3) is 7.85. The maximum Gasteiger partial charge on any atom is 0.410 e. The van der Waals surface area contributed by atoms with Crippen LogP contribution in [0.1, 0.15) is 63.8 Å². The van der Waals surface area contributed by atoms with Crippen LogP contribution in [0.2, 0.25) is 10.1 Å². The Balaban J connectivity index is 1.10. The smallest absolute Gasteiger partial charge is 0.410 e. The van der Waals surface area contributed by atoms with Crippen molar-refractivity contribution < 1.29 is 28.0 Å². The highest BCUT2D eigenvalue weighted by molar-refractivity contribution is 7.25. The quantitative estimate of drug-likeness (QED) is 0.0827. The molecule has 0 radical (unpaired) electrons. The first-order chi connectivity index (χ1) is 22.9. The monoisotopic (exact) mass is 685 g/mol. The zero-order valence-electron chi connectivity index (χ0n) is 28.9. The minimum Gasteiger partial charge on any atom is -0.519 e. The molecule has 9 heteroatoms. The summed E-state index contributed by atoms with van der Waals surface area (Å²) >= 11 is 0. The fraction of sp³-hybridized carbons (Fsp3) is 0.385. The number of nitrogens with one attached hydrogen (secondary N) is 1. The van der Waals surface area contributed by atoms with Crippen LogP contribution in [0.25, 0.3) is 0 Å². The molecule has 0 amide bonds. The maximum atomic E-state index is 12.7. The summed E-state index contributed by atoms with van der Waals surface area (Å²) in [7, 11) is -2.74. The van der Waals surface area contributed by atoms with Crippen molar-refractivity contribution in [2.75, 3.05) is 19.7 Å². The van der Waals surface area contributed by atoms with Gasteiger partial charge in [-0.2, -0.15) is 0 Å². The third-order valence-corrected chi connectivity index (χ3v) is 14.6. The molecule has 0 aliphatic carbocycles. The maximum absolute atomic E-state index is 12.7. The van der Waals surface area contributed by atoms with E-state index < -0.39 is 20.0 Å². The largest absolute Gasteiger partial charge is 0.519 e. The summed E-state index contributed by atoms with van der Waals surface area (Å²) in [6.07, 6.45) is 0.107. The van der Waals surface area contributed by atoms with E-state index in [4.69, 9.17) is 18.3 Å². The van der Waals surface area contributed by atoms with Crippen molar-refractivity contribution in [3.05, 3.63) is 125 Å². The van der Waals surface area contributed by atoms with Gasteiger partial charge in [-0.1, -0.05) is 114 Å². The lowest BCUT2D eigenvalue weighted by Crippen LogP contribution is -2.61. The highest BCUT2D eigenvalue weighted by atomic mass is 31.1. The first-order valence-corrected chi connectivity index (χ1v) is 19.2. The van der Waals surface area contributed by atoms with Crippen molar-refractivity contribution in [1.29, 1.82) is 0 Å². The average molecular weight is 686 g/mol. The van der Waals surface area contributed by atoms with Gasteiger partial charge in [-0.25, -0.2) is 0 Å². The second-order valence-corrected chi connectivity index (χ2v) is 19.9. The van der Waals surface area contributed by atoms with E-state index in [9.17, 15) is 9.67 Å². The molecule has 4 aromatic rings. The summed E-state index contributed by atoms with van der Waals surface area (Å²) in [5.74, 6) is 2.17. The van der Waals surface area contributed by atoms with E-state index in [0.717, 1.165) is 34.4 Å². The molecule has 1 aliphatic heterocycles. The van der Waals surface area contributed by atoms with Crippen molar-refractivity contribution in [2.24, 2.45) is 0 Å². The minimum atomic E-state index is -2.58. The topological polar surface area (TPSA) is 86.3 Å². The fourth-order valence-corrected chi connectivity index (χ4v) is 11.8. The Kier molecular flexibility index (Phi) is 11.1. The first-order valence-electron chi connectivity index (χ1n) is 16.6. The van der Waals surface area contributed by atoms with Crippen molar-refractivity contribution in [1.82, 2.24) is 5.32 Å². The minimum absolute atomic E-state index is 0.0941. The molecular weight excluding hydrogens is 637 g/mol. The Morgan fingerprint density at radius 3 is 1.98 bits per heavy atom. The standard InChI is InChI=1S/C39H48NO6PSi/c1-37(2,3)48(38(4,5)6)44-27-30-25-35(21-22-36(30)46-48)43-28-33(41)26-40-24-23-29-17-19-34(20-18-29)45-39(47-42,31-13-9-7-10-14-31)32-15-11-8-12-16-32/h7-22,25,33,40-41H,23-24,26-28H2,1-6H3/t33-/m0/s1. The van der Waals surface area contributed by atoms with Gasteiger partial charge in [-0.05, 0) is 48.9 Å². The van der Waals surface area contributed by atoms with Crippen LogP contribution in [0.5, 0.6) is 17.2 Å². The molecule has 0 fully saturated rings. The van der Waals surface area contributed by atoms with E-state index in [1.807, 2.05) is 103 Å². The Labute approximate surface area is 288 Å². The molecule has 1 atom stereocenters. The third-order valence-electron chi connectivity index (χ3n) is 8.75. The van der Waals surface area contributed by atoms with Crippen molar-refractivity contribution in [3.63, 3.8) is 0 Å². The van der Waals surface area contributed by atoms with E-state index in [-0.39, 0.29) is 25.1 Å². The zero-order chi connectivity index (χ0) is 34.4. The molecule has 1 aliphatic rings. The molecule has 0 bridgehead atoms. The van der Waals surface area contributed by atoms with Gasteiger partial charge in [0.15, 0.2) is 0 Å². The number of fused-ring (bicyclic) bond motifs is 1. The lowest BCUT2D eigenvalue weighted by Gasteiger charge is -2.50. The van der Waals surface area contributed by atoms with Gasteiger partial charge >= 0.3 is 8.56 Å². The van der Waals surface area contributed by atoms with E-state index in [1.165, 1.54) is 0 Å². The lowest BCUT2D eigenvalue weighted by atomic mass is 10.0. The molecule has 7 nitrogen and oxygen atoms in total. The van der Waals surface area contributed by atoms with E-state index in [2.05, 4.69) is 46.9 Å². The summed E-state index contributed by atoms with van der Waals surface area (Å²) in [6.45, 7) is 15.0. The molecule has 5 rings (SSSR count). The Morgan fingerprint density at radius 2 is 1.42 bits per heavy atom. The van der Waals surface area contributed by atoms with E-state index in [1.54, 1.807) is 0 Å². The second-order valence-electron chi connectivity index (χ2n) is 14.4. The highest BCUT2D eigenvalue weighted by Gasteiger charge is 2.61. The summed E-state index contributed by atoms with van der Waals surface area (Å²) in [5, 5.41) is 12.6. The average Bonchev–Trinajstić information content (AvgIpc) is 3.08. The Bertz CT molecular complexity index is 1580. The highest BCUT2D eigenvalue weighted by Crippen LogP contribution is 2.54. The molecule has 0 saturated heterocycles. The van der Waals surface area contributed by atoms with Gasteiger partial charge in [0.1, 0.15) is 30.0 Å². The predicted octanol–water partition coefficient (Wildman–Crippen LogP) is 8.78. The Hall–Kier alpha value is -3.52. The van der Waals surface area contributed by atoms with Gasteiger partial charge in [0.05, 0.1) is 6.61 Å². The molecular formula is C39H48NO6PSi. The molecule has 4 aromatic carbocycles. The molecule has 48 heavy (non-hydrogen) atoms. The van der Waals surface area contributed by atoms with Crippen molar-refractivity contribution in [3.8, 4) is 17.2 Å².